The molecule has 1 aliphatic carbocycles. The number of carbonyl (C=O) groups excluding carboxylic acids is 1. The number of halogens is 1. The van der Waals surface area contributed by atoms with Gasteiger partial charge in [-0.1, -0.05) is 29.3 Å². The second kappa shape index (κ2) is 12.2. The van der Waals surface area contributed by atoms with E-state index in [9.17, 15) is 4.79 Å². The maximum atomic E-state index is 11.8. The molecule has 0 aliphatic heterocycles. The molecule has 0 spiro atoms. The number of hydrogen-bond acceptors (Lipinski definition) is 3. The molecule has 1 aromatic carbocycles. The quantitative estimate of drug-likeness (QED) is 0.278. The first-order valence-electron chi connectivity index (χ1n) is 9.72. The first-order valence-corrected chi connectivity index (χ1v) is 9.72. The van der Waals surface area contributed by atoms with Gasteiger partial charge in [-0.05, 0) is 58.4 Å². The van der Waals surface area contributed by atoms with E-state index < -0.39 is 0 Å². The van der Waals surface area contributed by atoms with Gasteiger partial charge in [-0.3, -0.25) is 9.79 Å². The van der Waals surface area contributed by atoms with Gasteiger partial charge in [0.2, 0.25) is 0 Å². The number of hydrogen-bond donors (Lipinski definition) is 2. The third-order valence-corrected chi connectivity index (χ3v) is 4.90. The largest absolute Gasteiger partial charge is 0.466 e. The van der Waals surface area contributed by atoms with E-state index in [2.05, 4.69) is 47.7 Å². The van der Waals surface area contributed by atoms with Crippen LogP contribution in [0.15, 0.2) is 23.2 Å². The highest BCUT2D eigenvalue weighted by atomic mass is 127. The number of rotatable bonds is 6. The predicted molar refractivity (Wildman–Crippen MR) is 122 cm³/mol. The molecule has 2 rings (SSSR count). The van der Waals surface area contributed by atoms with E-state index in [-0.39, 0.29) is 35.9 Å². The zero-order valence-corrected chi connectivity index (χ0v) is 19.3. The van der Waals surface area contributed by atoms with Crippen molar-refractivity contribution in [3.63, 3.8) is 0 Å². The minimum atomic E-state index is -0.0399. The summed E-state index contributed by atoms with van der Waals surface area (Å²) < 4.78 is 5.14. The summed E-state index contributed by atoms with van der Waals surface area (Å²) in [6.07, 6.45) is 4.69. The molecule has 0 bridgehead atoms. The molecular formula is C21H34IN3O2. The third-order valence-electron chi connectivity index (χ3n) is 4.90. The molecule has 0 radical (unpaired) electrons. The van der Waals surface area contributed by atoms with Crippen LogP contribution in [0.4, 0.5) is 0 Å². The Morgan fingerprint density at radius 2 is 1.78 bits per heavy atom. The Bertz CT molecular complexity index is 606. The standard InChI is InChI=1S/C21H33N3O2.HI/c1-5-26-20(25)18-6-8-19(9-7-18)24-21(22-4)23-11-10-17-13-15(2)12-16(3)14-17;/h12-14,18-19H,5-11H2,1-4H3,(H2,22,23,24);1H. The van der Waals surface area contributed by atoms with Crippen molar-refractivity contribution in [2.75, 3.05) is 20.2 Å². The van der Waals surface area contributed by atoms with Crippen molar-refractivity contribution >= 4 is 35.9 Å². The van der Waals surface area contributed by atoms with Crippen LogP contribution in [0.3, 0.4) is 0 Å². The molecule has 6 heteroatoms. The molecule has 5 nitrogen and oxygen atoms in total. The first-order chi connectivity index (χ1) is 12.5. The molecule has 0 saturated heterocycles. The molecular weight excluding hydrogens is 453 g/mol. The highest BCUT2D eigenvalue weighted by molar-refractivity contribution is 14.0. The van der Waals surface area contributed by atoms with Crippen LogP contribution < -0.4 is 10.6 Å². The second-order valence-electron chi connectivity index (χ2n) is 7.19. The fourth-order valence-electron chi connectivity index (χ4n) is 3.66. The minimum Gasteiger partial charge on any atom is -0.466 e. The number of guanidine groups is 1. The van der Waals surface area contributed by atoms with Gasteiger partial charge >= 0.3 is 5.97 Å². The number of aliphatic imine (C=N–C) groups is 1. The van der Waals surface area contributed by atoms with Crippen molar-refractivity contribution in [3.05, 3.63) is 34.9 Å². The molecule has 152 valence electrons. The van der Waals surface area contributed by atoms with Crippen LogP contribution in [0.2, 0.25) is 0 Å². The van der Waals surface area contributed by atoms with Crippen LogP contribution in [0.1, 0.15) is 49.3 Å². The number of benzene rings is 1. The van der Waals surface area contributed by atoms with E-state index in [4.69, 9.17) is 4.74 Å². The third kappa shape index (κ3) is 8.07. The van der Waals surface area contributed by atoms with Crippen LogP contribution in [0.5, 0.6) is 0 Å². The van der Waals surface area contributed by atoms with Crippen molar-refractivity contribution in [2.24, 2.45) is 10.9 Å². The fourth-order valence-corrected chi connectivity index (χ4v) is 3.66. The van der Waals surface area contributed by atoms with E-state index in [1.165, 1.54) is 16.7 Å². The van der Waals surface area contributed by atoms with Crippen LogP contribution in [-0.4, -0.2) is 38.2 Å². The number of aryl methyl sites for hydroxylation is 2. The zero-order valence-electron chi connectivity index (χ0n) is 17.0. The molecule has 0 unspecified atom stereocenters. The van der Waals surface area contributed by atoms with Crippen molar-refractivity contribution in [2.45, 2.75) is 58.9 Å². The van der Waals surface area contributed by atoms with E-state index in [1.807, 2.05) is 6.92 Å². The van der Waals surface area contributed by atoms with E-state index >= 15 is 0 Å². The lowest BCUT2D eigenvalue weighted by Gasteiger charge is -2.29. The highest BCUT2D eigenvalue weighted by Gasteiger charge is 2.27. The Morgan fingerprint density at radius 3 is 2.33 bits per heavy atom. The molecule has 0 amide bonds. The van der Waals surface area contributed by atoms with E-state index in [1.54, 1.807) is 7.05 Å². The SMILES string of the molecule is CCOC(=O)C1CCC(NC(=NC)NCCc2cc(C)cc(C)c2)CC1.I. The number of nitrogens with one attached hydrogen (secondary N) is 2. The van der Waals surface area contributed by atoms with Gasteiger partial charge < -0.3 is 15.4 Å². The second-order valence-corrected chi connectivity index (χ2v) is 7.19. The van der Waals surface area contributed by atoms with Crippen molar-refractivity contribution in [1.82, 2.24) is 10.6 Å². The summed E-state index contributed by atoms with van der Waals surface area (Å²) in [4.78, 5) is 16.2. The molecule has 1 fully saturated rings. The number of esters is 1. The van der Waals surface area contributed by atoms with Gasteiger partial charge in [0.1, 0.15) is 0 Å². The van der Waals surface area contributed by atoms with E-state index in [0.29, 0.717) is 12.6 Å². The highest BCUT2D eigenvalue weighted by Crippen LogP contribution is 2.25. The lowest BCUT2D eigenvalue weighted by Crippen LogP contribution is -2.45. The molecule has 1 aromatic rings. The summed E-state index contributed by atoms with van der Waals surface area (Å²) >= 11 is 0. The topological polar surface area (TPSA) is 62.7 Å². The molecule has 2 N–H and O–H groups in total. The Morgan fingerprint density at radius 1 is 1.15 bits per heavy atom. The lowest BCUT2D eigenvalue weighted by molar-refractivity contribution is -0.149. The molecule has 1 aliphatic rings. The summed E-state index contributed by atoms with van der Waals surface area (Å²) in [5.41, 5.74) is 3.96. The fraction of sp³-hybridized carbons (Fsp3) is 0.619. The maximum Gasteiger partial charge on any atom is 0.308 e. The van der Waals surface area contributed by atoms with Gasteiger partial charge in [-0.2, -0.15) is 0 Å². The van der Waals surface area contributed by atoms with Crippen LogP contribution in [0, 0.1) is 19.8 Å². The molecule has 0 heterocycles. The zero-order chi connectivity index (χ0) is 18.9. The summed E-state index contributed by atoms with van der Waals surface area (Å²) in [5, 5.41) is 6.90. The average Bonchev–Trinajstić information content (AvgIpc) is 2.61. The van der Waals surface area contributed by atoms with Gasteiger partial charge in [0.25, 0.3) is 0 Å². The summed E-state index contributed by atoms with van der Waals surface area (Å²) in [5.74, 6) is 0.864. The molecule has 0 atom stereocenters. The Labute approximate surface area is 180 Å². The van der Waals surface area contributed by atoms with E-state index in [0.717, 1.165) is 44.6 Å². The summed E-state index contributed by atoms with van der Waals surface area (Å²) in [7, 11) is 1.80. The summed E-state index contributed by atoms with van der Waals surface area (Å²) in [6.45, 7) is 7.45. The Hall–Kier alpha value is -1.31. The van der Waals surface area contributed by atoms with Gasteiger partial charge in [-0.15, -0.1) is 24.0 Å². The van der Waals surface area contributed by atoms with Gasteiger partial charge in [0.15, 0.2) is 5.96 Å². The van der Waals surface area contributed by atoms with Crippen LogP contribution in [-0.2, 0) is 16.0 Å². The number of nitrogens with zero attached hydrogens (tertiary/aromatic N) is 1. The normalized spacial score (nSPS) is 19.8. The average molecular weight is 487 g/mol. The Balaban J connectivity index is 0.00000364. The monoisotopic (exact) mass is 487 g/mol. The molecule has 27 heavy (non-hydrogen) atoms. The van der Waals surface area contributed by atoms with Crippen molar-refractivity contribution < 1.29 is 9.53 Å². The lowest BCUT2D eigenvalue weighted by atomic mass is 9.86. The number of ether oxygens (including phenoxy) is 1. The van der Waals surface area contributed by atoms with Gasteiger partial charge in [-0.25, -0.2) is 0 Å². The minimum absolute atomic E-state index is 0. The Kier molecular flexibility index (Phi) is 10.7. The molecule has 0 aromatic heterocycles. The number of carbonyl (C=O) groups is 1. The smallest absolute Gasteiger partial charge is 0.308 e. The summed E-state index contributed by atoms with van der Waals surface area (Å²) in [6, 6.07) is 7.04. The molecule has 1 saturated carbocycles. The van der Waals surface area contributed by atoms with Crippen molar-refractivity contribution in [3.8, 4) is 0 Å². The van der Waals surface area contributed by atoms with Crippen LogP contribution in [0.25, 0.3) is 0 Å². The first kappa shape index (κ1) is 23.7. The van der Waals surface area contributed by atoms with Crippen molar-refractivity contribution in [1.29, 1.82) is 0 Å². The van der Waals surface area contributed by atoms with Crippen LogP contribution >= 0.6 is 24.0 Å². The van der Waals surface area contributed by atoms with Gasteiger partial charge in [0, 0.05) is 19.6 Å². The van der Waals surface area contributed by atoms with Gasteiger partial charge in [0.05, 0.1) is 12.5 Å². The maximum absolute atomic E-state index is 11.8. The predicted octanol–water partition coefficient (Wildman–Crippen LogP) is 3.75.